The lowest BCUT2D eigenvalue weighted by Gasteiger charge is -2.42. The van der Waals surface area contributed by atoms with Crippen LogP contribution in [0.2, 0.25) is 0 Å². The molecule has 4 aliphatic rings. The molecule has 0 spiro atoms. The fraction of sp³-hybridized carbons (Fsp3) is 0.537. The monoisotopic (exact) mass is 937 g/mol. The average molecular weight is 938 g/mol. The van der Waals surface area contributed by atoms with Crippen molar-refractivity contribution < 1.29 is 54.3 Å². The highest BCUT2D eigenvalue weighted by atomic mass is 32.3. The number of morpholine rings is 2. The molecule has 0 aromatic carbocycles. The van der Waals surface area contributed by atoms with Crippen LogP contribution in [0.4, 0.5) is 38.7 Å². The molecule has 0 aliphatic carbocycles. The van der Waals surface area contributed by atoms with E-state index in [0.717, 1.165) is 25.6 Å². The fourth-order valence-electron chi connectivity index (χ4n) is 8.07. The highest BCUT2D eigenvalue weighted by Crippen LogP contribution is 2.68. The van der Waals surface area contributed by atoms with Gasteiger partial charge in [0.15, 0.2) is 5.82 Å². The lowest BCUT2D eigenvalue weighted by atomic mass is 9.96. The summed E-state index contributed by atoms with van der Waals surface area (Å²) in [6.07, 6.45) is -1.77. The van der Waals surface area contributed by atoms with E-state index in [2.05, 4.69) is 35.9 Å². The Morgan fingerprint density at radius 2 is 1.43 bits per heavy atom. The van der Waals surface area contributed by atoms with Gasteiger partial charge in [-0.05, 0) is 50.5 Å². The van der Waals surface area contributed by atoms with Gasteiger partial charge in [-0.2, -0.15) is 28.1 Å². The van der Waals surface area contributed by atoms with Gasteiger partial charge in [-0.3, -0.25) is 14.4 Å². The SMILES string of the molecule is CC1=CC(C)C2=C(CCC(=O)NCCNC(=O)COCCOCC(=O)Nc3cc(C(F)(F)F)c(-c4nc(N5CCOCC5)nc(N5CCOCC5)n4)cn3)c3c(C)cc(C)n3S(F)(F)N12. The molecule has 0 bridgehead atoms. The molecule has 18 nitrogen and oxygen atoms in total. The zero-order valence-corrected chi connectivity index (χ0v) is 37.3. The van der Waals surface area contributed by atoms with Crippen LogP contribution in [0.1, 0.15) is 49.2 Å². The number of amides is 3. The van der Waals surface area contributed by atoms with Gasteiger partial charge < -0.3 is 44.7 Å². The number of aromatic nitrogens is 5. The number of allylic oxidation sites excluding steroid dienone is 3. The number of carbonyl (C=O) groups is 3. The first-order chi connectivity index (χ1) is 31.0. The third kappa shape index (κ3) is 11.0. The molecule has 7 rings (SSSR count). The maximum Gasteiger partial charge on any atom is 0.417 e. The van der Waals surface area contributed by atoms with E-state index < -0.39 is 46.9 Å². The number of carbonyl (C=O) groups excluding carboxylic acids is 3. The van der Waals surface area contributed by atoms with Gasteiger partial charge in [0.05, 0.1) is 56.5 Å². The number of rotatable bonds is 17. The normalized spacial score (nSPS) is 18.8. The number of ether oxygens (including phenoxy) is 4. The molecule has 3 amide bonds. The molecule has 3 N–H and O–H groups in total. The summed E-state index contributed by atoms with van der Waals surface area (Å²) in [5.41, 5.74) is 1.89. The zero-order chi connectivity index (χ0) is 46.5. The van der Waals surface area contributed by atoms with Crippen molar-refractivity contribution in [3.05, 3.63) is 58.3 Å². The van der Waals surface area contributed by atoms with Gasteiger partial charge in [0.1, 0.15) is 19.0 Å². The maximum atomic E-state index is 15.8. The molecule has 354 valence electrons. The Bertz CT molecular complexity index is 2280. The summed E-state index contributed by atoms with van der Waals surface area (Å²) < 4.78 is 98.8. The maximum absolute atomic E-state index is 15.8. The molecule has 2 saturated heterocycles. The van der Waals surface area contributed by atoms with Crippen molar-refractivity contribution in [1.82, 2.24) is 38.8 Å². The van der Waals surface area contributed by atoms with Crippen molar-refractivity contribution >= 4 is 52.2 Å². The van der Waals surface area contributed by atoms with Crippen LogP contribution in [0, 0.1) is 19.8 Å². The van der Waals surface area contributed by atoms with E-state index in [4.69, 9.17) is 18.9 Å². The standard InChI is InChI=1S/C41H52F5N11O7S/c1-25-19-27(3)56-36(25)29(37-26(2)20-28(4)57(37)65(56,45)46)5-6-33(58)47-7-8-48-34(59)23-63-17-18-64-24-35(60)50-32-21-31(41(42,43)44)30(22-49-32)38-51-39(54-9-13-61-14-10-54)53-40(52-38)55-11-15-62-16-12-55/h19-22,25H,5-18,23-24H2,1-4H3,(H,47,58)(H,48,59)(H,49,50,60). The van der Waals surface area contributed by atoms with Crippen LogP contribution in [0.15, 0.2) is 35.8 Å². The third-order valence-electron chi connectivity index (χ3n) is 10.9. The number of halogens is 5. The Morgan fingerprint density at radius 1 is 0.846 bits per heavy atom. The highest BCUT2D eigenvalue weighted by molar-refractivity contribution is 8.22. The predicted molar refractivity (Wildman–Crippen MR) is 230 cm³/mol. The van der Waals surface area contributed by atoms with Crippen LogP contribution in [0.5, 0.6) is 0 Å². The summed E-state index contributed by atoms with van der Waals surface area (Å²) in [6.45, 7) is 9.58. The smallest absolute Gasteiger partial charge is 0.378 e. The molecule has 0 saturated carbocycles. The fourth-order valence-corrected chi connectivity index (χ4v) is 10.0. The Kier molecular flexibility index (Phi) is 14.9. The van der Waals surface area contributed by atoms with Crippen molar-refractivity contribution in [2.45, 2.75) is 46.7 Å². The van der Waals surface area contributed by atoms with E-state index in [-0.39, 0.29) is 81.1 Å². The molecule has 1 atom stereocenters. The van der Waals surface area contributed by atoms with Crippen molar-refractivity contribution in [3.8, 4) is 11.4 Å². The number of fused-ring (bicyclic) bond motifs is 2. The second-order valence-corrected chi connectivity index (χ2v) is 17.3. The van der Waals surface area contributed by atoms with Crippen LogP contribution in [0.25, 0.3) is 17.0 Å². The number of nitrogens with one attached hydrogen (secondary N) is 3. The number of pyridine rings is 1. The summed E-state index contributed by atoms with van der Waals surface area (Å²) in [5.74, 6) is -1.95. The summed E-state index contributed by atoms with van der Waals surface area (Å²) in [4.78, 5) is 58.7. The molecule has 3 aromatic heterocycles. The Balaban J connectivity index is 0.826. The molecule has 2 fully saturated rings. The number of alkyl halides is 3. The molecular weight excluding hydrogens is 886 g/mol. The lowest BCUT2D eigenvalue weighted by Crippen LogP contribution is -2.40. The van der Waals surface area contributed by atoms with Crippen molar-refractivity contribution in [2.24, 2.45) is 5.92 Å². The zero-order valence-electron chi connectivity index (χ0n) is 36.4. The lowest BCUT2D eigenvalue weighted by molar-refractivity contribution is -0.137. The van der Waals surface area contributed by atoms with E-state index in [1.165, 1.54) is 0 Å². The number of nitrogens with zero attached hydrogens (tertiary/aromatic N) is 8. The minimum Gasteiger partial charge on any atom is -0.378 e. The van der Waals surface area contributed by atoms with Gasteiger partial charge >= 0.3 is 6.18 Å². The van der Waals surface area contributed by atoms with Gasteiger partial charge in [0, 0.05) is 74.9 Å². The first-order valence-corrected chi connectivity index (χ1v) is 22.5. The van der Waals surface area contributed by atoms with E-state index in [1.54, 1.807) is 26.8 Å². The molecule has 0 radical (unpaired) electrons. The Labute approximate surface area is 374 Å². The summed E-state index contributed by atoms with van der Waals surface area (Å²) >= 11 is -4.35. The number of hydrogen-bond acceptors (Lipinski definition) is 14. The topological polar surface area (TPSA) is 190 Å². The molecule has 4 aliphatic heterocycles. The molecule has 1 unspecified atom stereocenters. The first kappa shape index (κ1) is 47.5. The van der Waals surface area contributed by atoms with Crippen molar-refractivity contribution in [3.63, 3.8) is 0 Å². The number of hydrogen-bond donors (Lipinski definition) is 3. The second-order valence-electron chi connectivity index (χ2n) is 15.7. The van der Waals surface area contributed by atoms with Crippen molar-refractivity contribution in [1.29, 1.82) is 0 Å². The van der Waals surface area contributed by atoms with Crippen LogP contribution in [-0.2, 0) is 39.5 Å². The van der Waals surface area contributed by atoms with Crippen LogP contribution >= 0.6 is 11.2 Å². The molecule has 3 aromatic rings. The molecule has 65 heavy (non-hydrogen) atoms. The highest BCUT2D eigenvalue weighted by Gasteiger charge is 2.48. The van der Waals surface area contributed by atoms with Gasteiger partial charge in [-0.15, -0.1) is 7.77 Å². The van der Waals surface area contributed by atoms with Gasteiger partial charge in [-0.25, -0.2) is 13.3 Å². The number of aryl methyl sites for hydroxylation is 2. The number of anilines is 3. The van der Waals surface area contributed by atoms with E-state index in [0.29, 0.717) is 81.5 Å². The minimum atomic E-state index is -4.86. The largest absolute Gasteiger partial charge is 0.417 e. The average Bonchev–Trinajstić information content (AvgIpc) is 3.77. The third-order valence-corrected chi connectivity index (χ3v) is 12.8. The van der Waals surface area contributed by atoms with Crippen LogP contribution in [0.3, 0.4) is 0 Å². The first-order valence-electron chi connectivity index (χ1n) is 21.1. The molecule has 7 heterocycles. The summed E-state index contributed by atoms with van der Waals surface area (Å²) in [6, 6.07) is 2.45. The minimum absolute atomic E-state index is 0.0603. The van der Waals surface area contributed by atoms with Gasteiger partial charge in [0.25, 0.3) is 5.91 Å². The molecular formula is C41H52F5N11O7S. The van der Waals surface area contributed by atoms with Crippen LogP contribution in [-0.4, -0.2) is 138 Å². The second kappa shape index (κ2) is 20.4. The van der Waals surface area contributed by atoms with Crippen molar-refractivity contribution in [2.75, 3.05) is 107 Å². The summed E-state index contributed by atoms with van der Waals surface area (Å²) in [5, 5.41) is 7.67. The van der Waals surface area contributed by atoms with E-state index in [1.807, 2.05) is 22.8 Å². The summed E-state index contributed by atoms with van der Waals surface area (Å²) in [7, 11) is 0. The van der Waals surface area contributed by atoms with Crippen LogP contribution < -0.4 is 25.8 Å². The van der Waals surface area contributed by atoms with Gasteiger partial charge in [0.2, 0.25) is 34.9 Å². The predicted octanol–water partition coefficient (Wildman–Crippen LogP) is 4.56. The molecule has 24 heteroatoms. The quantitative estimate of drug-likeness (QED) is 0.126. The van der Waals surface area contributed by atoms with E-state index in [9.17, 15) is 27.6 Å². The Hall–Kier alpha value is -5.43. The Morgan fingerprint density at radius 3 is 2.03 bits per heavy atom. The van der Waals surface area contributed by atoms with E-state index >= 15 is 7.77 Å². The van der Waals surface area contributed by atoms with Gasteiger partial charge in [-0.1, -0.05) is 13.0 Å².